The van der Waals surface area contributed by atoms with Crippen molar-refractivity contribution in [3.05, 3.63) is 0 Å². The summed E-state index contributed by atoms with van der Waals surface area (Å²) in [5.74, 6) is -0.836. The van der Waals surface area contributed by atoms with Crippen LogP contribution >= 0.6 is 0 Å². The van der Waals surface area contributed by atoms with Gasteiger partial charge in [-0.2, -0.15) is 0 Å². The van der Waals surface area contributed by atoms with Gasteiger partial charge in [-0.3, -0.25) is 4.79 Å². The Morgan fingerprint density at radius 1 is 1.37 bits per heavy atom. The molecule has 1 aliphatic carbocycles. The summed E-state index contributed by atoms with van der Waals surface area (Å²) in [4.78, 5) is 24.3. The lowest BCUT2D eigenvalue weighted by Gasteiger charge is -2.50. The Kier molecular flexibility index (Phi) is 3.47. The standard InChI is InChI=1S/C13H22N2O4/c1-12(2,3)19-11(18)15-7-13(8-15,6-10(16)17)14-9-4-5-9/h9,14H,4-8H2,1-3H3,(H,16,17). The number of carboxylic acid groups (broad SMARTS) is 1. The quantitative estimate of drug-likeness (QED) is 0.802. The highest BCUT2D eigenvalue weighted by molar-refractivity contribution is 5.73. The Morgan fingerprint density at radius 2 is 1.95 bits per heavy atom. The summed E-state index contributed by atoms with van der Waals surface area (Å²) in [5.41, 5.74) is -0.990. The van der Waals surface area contributed by atoms with E-state index in [1.807, 2.05) is 20.8 Å². The Bertz CT molecular complexity index is 379. The number of nitrogens with one attached hydrogen (secondary N) is 1. The van der Waals surface area contributed by atoms with Crippen molar-refractivity contribution >= 4 is 12.1 Å². The molecule has 6 nitrogen and oxygen atoms in total. The molecule has 2 fully saturated rings. The number of nitrogens with zero attached hydrogens (tertiary/aromatic N) is 1. The van der Waals surface area contributed by atoms with E-state index >= 15 is 0 Å². The summed E-state index contributed by atoms with van der Waals surface area (Å²) in [6, 6.07) is 0.417. The molecule has 19 heavy (non-hydrogen) atoms. The zero-order valence-corrected chi connectivity index (χ0v) is 11.7. The third kappa shape index (κ3) is 3.83. The van der Waals surface area contributed by atoms with Gasteiger partial charge in [0.2, 0.25) is 0 Å². The topological polar surface area (TPSA) is 78.9 Å². The average molecular weight is 270 g/mol. The highest BCUT2D eigenvalue weighted by Gasteiger charge is 2.49. The summed E-state index contributed by atoms with van der Waals surface area (Å²) in [6.07, 6.45) is 1.86. The number of amides is 1. The average Bonchev–Trinajstić information content (AvgIpc) is 2.92. The minimum atomic E-state index is -0.836. The van der Waals surface area contributed by atoms with Crippen molar-refractivity contribution in [2.45, 2.75) is 57.2 Å². The smallest absolute Gasteiger partial charge is 0.410 e. The van der Waals surface area contributed by atoms with Crippen molar-refractivity contribution in [2.75, 3.05) is 13.1 Å². The van der Waals surface area contributed by atoms with Gasteiger partial charge in [-0.05, 0) is 33.6 Å². The van der Waals surface area contributed by atoms with Crippen LogP contribution in [0.4, 0.5) is 4.79 Å². The Hall–Kier alpha value is -1.30. The molecule has 0 radical (unpaired) electrons. The van der Waals surface area contributed by atoms with Crippen LogP contribution in [0.5, 0.6) is 0 Å². The molecule has 1 aliphatic heterocycles. The summed E-state index contributed by atoms with van der Waals surface area (Å²) in [6.45, 7) is 6.27. The molecule has 0 aromatic heterocycles. The van der Waals surface area contributed by atoms with Gasteiger partial charge in [0.1, 0.15) is 5.60 Å². The summed E-state index contributed by atoms with van der Waals surface area (Å²) < 4.78 is 5.27. The van der Waals surface area contributed by atoms with E-state index in [1.165, 1.54) is 0 Å². The lowest BCUT2D eigenvalue weighted by atomic mass is 9.86. The summed E-state index contributed by atoms with van der Waals surface area (Å²) in [7, 11) is 0. The van der Waals surface area contributed by atoms with E-state index in [-0.39, 0.29) is 12.5 Å². The van der Waals surface area contributed by atoms with Gasteiger partial charge in [-0.15, -0.1) is 0 Å². The number of ether oxygens (including phenoxy) is 1. The Morgan fingerprint density at radius 3 is 2.37 bits per heavy atom. The molecule has 2 aliphatic rings. The van der Waals surface area contributed by atoms with E-state index in [9.17, 15) is 9.59 Å². The Labute approximate surface area is 113 Å². The van der Waals surface area contributed by atoms with Gasteiger partial charge in [-0.1, -0.05) is 0 Å². The Balaban J connectivity index is 1.89. The molecule has 1 saturated heterocycles. The molecule has 1 heterocycles. The van der Waals surface area contributed by atoms with E-state index in [0.717, 1.165) is 12.8 Å². The van der Waals surface area contributed by atoms with Crippen LogP contribution in [0.3, 0.4) is 0 Å². The predicted molar refractivity (Wildman–Crippen MR) is 68.9 cm³/mol. The molecule has 1 amide bonds. The van der Waals surface area contributed by atoms with Crippen LogP contribution in [-0.2, 0) is 9.53 Å². The molecule has 0 spiro atoms. The zero-order chi connectivity index (χ0) is 14.3. The summed E-state index contributed by atoms with van der Waals surface area (Å²) in [5, 5.41) is 12.3. The highest BCUT2D eigenvalue weighted by atomic mass is 16.6. The summed E-state index contributed by atoms with van der Waals surface area (Å²) >= 11 is 0. The van der Waals surface area contributed by atoms with Crippen LogP contribution < -0.4 is 5.32 Å². The van der Waals surface area contributed by atoms with Crippen LogP contribution in [-0.4, -0.2) is 52.3 Å². The lowest BCUT2D eigenvalue weighted by molar-refractivity contribution is -0.141. The van der Waals surface area contributed by atoms with Gasteiger partial charge in [0, 0.05) is 19.1 Å². The largest absolute Gasteiger partial charge is 0.481 e. The van der Waals surface area contributed by atoms with Gasteiger partial charge < -0.3 is 20.1 Å². The fourth-order valence-electron chi connectivity index (χ4n) is 2.34. The fraction of sp³-hybridized carbons (Fsp3) is 0.846. The van der Waals surface area contributed by atoms with Crippen molar-refractivity contribution in [2.24, 2.45) is 0 Å². The number of hydrogen-bond donors (Lipinski definition) is 2. The van der Waals surface area contributed by atoms with Crippen LogP contribution in [0.2, 0.25) is 0 Å². The molecule has 1 saturated carbocycles. The monoisotopic (exact) mass is 270 g/mol. The molecule has 0 aromatic rings. The highest BCUT2D eigenvalue weighted by Crippen LogP contribution is 2.31. The van der Waals surface area contributed by atoms with Crippen molar-refractivity contribution < 1.29 is 19.4 Å². The van der Waals surface area contributed by atoms with E-state index in [0.29, 0.717) is 19.1 Å². The second-order valence-corrected chi connectivity index (χ2v) is 6.61. The second-order valence-electron chi connectivity index (χ2n) is 6.61. The van der Waals surface area contributed by atoms with Crippen LogP contribution in [0.1, 0.15) is 40.0 Å². The van der Waals surface area contributed by atoms with Crippen molar-refractivity contribution in [1.29, 1.82) is 0 Å². The zero-order valence-electron chi connectivity index (χ0n) is 11.7. The maximum absolute atomic E-state index is 11.8. The van der Waals surface area contributed by atoms with Crippen molar-refractivity contribution in [1.82, 2.24) is 10.2 Å². The van der Waals surface area contributed by atoms with Gasteiger partial charge in [0.25, 0.3) is 0 Å². The molecular formula is C13H22N2O4. The molecule has 6 heteroatoms. The first kappa shape index (κ1) is 14.1. The first-order chi connectivity index (χ1) is 8.69. The maximum Gasteiger partial charge on any atom is 0.410 e. The lowest BCUT2D eigenvalue weighted by Crippen LogP contribution is -2.71. The number of carbonyl (C=O) groups excluding carboxylic acids is 1. The third-order valence-corrected chi connectivity index (χ3v) is 3.22. The molecule has 2 rings (SSSR count). The van der Waals surface area contributed by atoms with E-state index in [4.69, 9.17) is 9.84 Å². The SMILES string of the molecule is CC(C)(C)OC(=O)N1CC(CC(=O)O)(NC2CC2)C1. The van der Waals surface area contributed by atoms with E-state index < -0.39 is 17.1 Å². The van der Waals surface area contributed by atoms with Gasteiger partial charge in [-0.25, -0.2) is 4.79 Å². The van der Waals surface area contributed by atoms with Crippen molar-refractivity contribution in [3.8, 4) is 0 Å². The fourth-order valence-corrected chi connectivity index (χ4v) is 2.34. The second kappa shape index (κ2) is 4.67. The van der Waals surface area contributed by atoms with Crippen LogP contribution in [0, 0.1) is 0 Å². The van der Waals surface area contributed by atoms with Gasteiger partial charge >= 0.3 is 12.1 Å². The first-order valence-corrected chi connectivity index (χ1v) is 6.67. The van der Waals surface area contributed by atoms with Gasteiger partial charge in [0.05, 0.1) is 12.0 Å². The molecule has 2 N–H and O–H groups in total. The molecule has 108 valence electrons. The minimum absolute atomic E-state index is 0.0444. The van der Waals surface area contributed by atoms with Gasteiger partial charge in [0.15, 0.2) is 0 Å². The predicted octanol–water partition coefficient (Wildman–Crippen LogP) is 1.20. The number of carbonyl (C=O) groups is 2. The molecule has 0 unspecified atom stereocenters. The third-order valence-electron chi connectivity index (χ3n) is 3.22. The molecule has 0 atom stereocenters. The van der Waals surface area contributed by atoms with E-state index in [2.05, 4.69) is 5.32 Å². The number of hydrogen-bond acceptors (Lipinski definition) is 4. The number of carboxylic acids is 1. The molecule has 0 aromatic carbocycles. The number of rotatable bonds is 4. The normalized spacial score (nSPS) is 21.7. The van der Waals surface area contributed by atoms with E-state index in [1.54, 1.807) is 4.90 Å². The first-order valence-electron chi connectivity index (χ1n) is 6.67. The molecular weight excluding hydrogens is 248 g/mol. The number of likely N-dealkylation sites (tertiary alicyclic amines) is 1. The van der Waals surface area contributed by atoms with Crippen LogP contribution in [0.25, 0.3) is 0 Å². The van der Waals surface area contributed by atoms with Crippen LogP contribution in [0.15, 0.2) is 0 Å². The molecule has 0 bridgehead atoms. The van der Waals surface area contributed by atoms with Crippen molar-refractivity contribution in [3.63, 3.8) is 0 Å². The number of aliphatic carboxylic acids is 1. The minimum Gasteiger partial charge on any atom is -0.481 e. The maximum atomic E-state index is 11.8.